The van der Waals surface area contributed by atoms with Gasteiger partial charge in [-0.1, -0.05) is 29.7 Å². The van der Waals surface area contributed by atoms with Crippen molar-refractivity contribution in [1.82, 2.24) is 9.71 Å². The summed E-state index contributed by atoms with van der Waals surface area (Å²) in [7, 11) is 10.1. The number of hydrogen-bond acceptors (Lipinski definition) is 4. The monoisotopic (exact) mass is 397 g/mol. The first-order valence-electron chi connectivity index (χ1n) is 7.54. The summed E-state index contributed by atoms with van der Waals surface area (Å²) in [5.74, 6) is 0. The molecule has 0 aliphatic carbocycles. The van der Waals surface area contributed by atoms with Crippen molar-refractivity contribution >= 4 is 57.6 Å². The Labute approximate surface area is 156 Å². The van der Waals surface area contributed by atoms with Gasteiger partial charge in [-0.05, 0) is 51.0 Å². The van der Waals surface area contributed by atoms with Crippen molar-refractivity contribution in [3.8, 4) is 0 Å². The summed E-state index contributed by atoms with van der Waals surface area (Å²) in [5, 5.41) is 2.49. The first-order chi connectivity index (χ1) is 11.6. The van der Waals surface area contributed by atoms with Gasteiger partial charge >= 0.3 is 0 Å². The molecule has 2 radical (unpaired) electrons. The van der Waals surface area contributed by atoms with Gasteiger partial charge < -0.3 is 4.90 Å². The van der Waals surface area contributed by atoms with E-state index in [0.717, 1.165) is 10.0 Å². The van der Waals surface area contributed by atoms with Crippen molar-refractivity contribution in [3.05, 3.63) is 58.8 Å². The molecule has 3 aromatic rings. The quantitative estimate of drug-likeness (QED) is 0.525. The van der Waals surface area contributed by atoms with Crippen LogP contribution in [0.1, 0.15) is 5.56 Å². The summed E-state index contributed by atoms with van der Waals surface area (Å²) in [6, 6.07) is 12.8. The molecule has 0 unspecified atom stereocenters. The third kappa shape index (κ3) is 3.61. The molecule has 1 aromatic heterocycles. The van der Waals surface area contributed by atoms with Crippen LogP contribution in [-0.4, -0.2) is 26.9 Å². The topological polar surface area (TPSA) is 28.2 Å². The molecule has 2 aromatic carbocycles. The predicted octanol–water partition coefficient (Wildman–Crippen LogP) is 3.65. The van der Waals surface area contributed by atoms with Gasteiger partial charge in [0.15, 0.2) is 0 Å². The lowest BCUT2D eigenvalue weighted by atomic mass is 9.93. The van der Waals surface area contributed by atoms with Crippen LogP contribution in [0.15, 0.2) is 58.2 Å². The van der Waals surface area contributed by atoms with Gasteiger partial charge in [0.25, 0.3) is 0 Å². The predicted molar refractivity (Wildman–Crippen MR) is 108 cm³/mol. The highest BCUT2D eigenvalue weighted by molar-refractivity contribution is 9.10. The molecular weight excluding hydrogens is 381 g/mol. The Morgan fingerprint density at radius 1 is 1.12 bits per heavy atom. The van der Waals surface area contributed by atoms with E-state index in [1.165, 1.54) is 21.4 Å². The van der Waals surface area contributed by atoms with Gasteiger partial charge in [-0.2, -0.15) is 0 Å². The second kappa shape index (κ2) is 7.59. The molecular formula is C18H17BBrN3S. The Morgan fingerprint density at radius 3 is 2.62 bits per heavy atom. The normalized spacial score (nSPS) is 11.0. The fourth-order valence-corrected chi connectivity index (χ4v) is 3.89. The smallest absolute Gasteiger partial charge is 0.116 e. The molecule has 0 aliphatic rings. The Hall–Kier alpha value is -1.50. The lowest BCUT2D eigenvalue weighted by molar-refractivity contribution is 0.971. The maximum Gasteiger partial charge on any atom is 0.116 e. The van der Waals surface area contributed by atoms with Crippen LogP contribution in [-0.2, 0) is 6.54 Å². The zero-order valence-electron chi connectivity index (χ0n) is 13.6. The Balaban J connectivity index is 1.82. The van der Waals surface area contributed by atoms with Gasteiger partial charge in [0.2, 0.25) is 0 Å². The first-order valence-corrected chi connectivity index (χ1v) is 9.15. The van der Waals surface area contributed by atoms with E-state index < -0.39 is 0 Å². The number of hydrogen-bond donors (Lipinski definition) is 1. The first kappa shape index (κ1) is 17.3. The van der Waals surface area contributed by atoms with E-state index in [2.05, 4.69) is 81.0 Å². The van der Waals surface area contributed by atoms with E-state index >= 15 is 0 Å². The number of nitrogens with one attached hydrogen (secondary N) is 1. The maximum atomic E-state index is 6.00. The van der Waals surface area contributed by atoms with Crippen LogP contribution in [0.3, 0.4) is 0 Å². The number of nitrogens with zero attached hydrogens (tertiary/aromatic N) is 2. The van der Waals surface area contributed by atoms with Crippen molar-refractivity contribution in [2.24, 2.45) is 0 Å². The van der Waals surface area contributed by atoms with E-state index in [-0.39, 0.29) is 0 Å². The molecule has 0 fully saturated rings. The molecule has 0 saturated heterocycles. The molecule has 24 heavy (non-hydrogen) atoms. The molecule has 1 heterocycles. The zero-order chi connectivity index (χ0) is 17.1. The van der Waals surface area contributed by atoms with Gasteiger partial charge in [0.1, 0.15) is 7.85 Å². The number of benzene rings is 2. The van der Waals surface area contributed by atoms with Crippen molar-refractivity contribution in [3.63, 3.8) is 0 Å². The molecule has 0 saturated carbocycles. The molecule has 0 aliphatic heterocycles. The van der Waals surface area contributed by atoms with Crippen LogP contribution >= 0.6 is 27.9 Å². The van der Waals surface area contributed by atoms with E-state index in [1.54, 1.807) is 24.3 Å². The Bertz CT molecular complexity index is 850. The lowest BCUT2D eigenvalue weighted by Crippen LogP contribution is -2.17. The third-order valence-electron chi connectivity index (χ3n) is 3.81. The number of pyridine rings is 1. The minimum atomic E-state index is 0.656. The maximum absolute atomic E-state index is 6.00. The molecule has 120 valence electrons. The van der Waals surface area contributed by atoms with E-state index in [1.807, 2.05) is 0 Å². The van der Waals surface area contributed by atoms with Crippen LogP contribution < -0.4 is 15.1 Å². The largest absolute Gasteiger partial charge is 0.377 e. The molecule has 0 bridgehead atoms. The van der Waals surface area contributed by atoms with E-state index in [4.69, 9.17) is 7.85 Å². The average Bonchev–Trinajstić information content (AvgIpc) is 2.57. The van der Waals surface area contributed by atoms with Gasteiger partial charge in [0, 0.05) is 53.5 Å². The summed E-state index contributed by atoms with van der Waals surface area (Å²) >= 11 is 5.12. The minimum absolute atomic E-state index is 0.656. The number of rotatable bonds is 5. The molecule has 3 rings (SSSR count). The zero-order valence-corrected chi connectivity index (χ0v) is 16.0. The second-order valence-electron chi connectivity index (χ2n) is 5.64. The van der Waals surface area contributed by atoms with Crippen molar-refractivity contribution in [1.29, 1.82) is 0 Å². The highest BCUT2D eigenvalue weighted by Gasteiger charge is 2.08. The highest BCUT2D eigenvalue weighted by Crippen LogP contribution is 2.32. The van der Waals surface area contributed by atoms with E-state index in [0.29, 0.717) is 12.0 Å². The summed E-state index contributed by atoms with van der Waals surface area (Å²) < 4.78 is 4.33. The molecule has 6 heteroatoms. The molecule has 0 spiro atoms. The van der Waals surface area contributed by atoms with E-state index in [9.17, 15) is 0 Å². The van der Waals surface area contributed by atoms with Gasteiger partial charge in [-0.25, -0.2) is 0 Å². The Morgan fingerprint density at radius 2 is 1.88 bits per heavy atom. The summed E-state index contributed by atoms with van der Waals surface area (Å²) in [4.78, 5) is 7.40. The summed E-state index contributed by atoms with van der Waals surface area (Å²) in [6.07, 6.45) is 3.44. The lowest BCUT2D eigenvalue weighted by Gasteiger charge is -2.17. The van der Waals surface area contributed by atoms with Crippen LogP contribution in [0.2, 0.25) is 0 Å². The van der Waals surface area contributed by atoms with Crippen LogP contribution in [0.4, 0.5) is 5.69 Å². The minimum Gasteiger partial charge on any atom is -0.377 e. The molecule has 0 amide bonds. The van der Waals surface area contributed by atoms with Crippen LogP contribution in [0.25, 0.3) is 10.8 Å². The third-order valence-corrected chi connectivity index (χ3v) is 5.36. The fraction of sp³-hybridized carbons (Fsp3) is 0.167. The van der Waals surface area contributed by atoms with Crippen molar-refractivity contribution < 1.29 is 0 Å². The molecule has 3 nitrogen and oxygen atoms in total. The van der Waals surface area contributed by atoms with Gasteiger partial charge in [0.05, 0.1) is 0 Å². The van der Waals surface area contributed by atoms with Crippen molar-refractivity contribution in [2.45, 2.75) is 11.4 Å². The average molecular weight is 398 g/mol. The number of aromatic nitrogens is 1. The molecule has 0 atom stereocenters. The number of fused-ring (bicyclic) bond motifs is 1. The van der Waals surface area contributed by atoms with Gasteiger partial charge in [-0.3, -0.25) is 9.71 Å². The number of anilines is 1. The van der Waals surface area contributed by atoms with Crippen LogP contribution in [0.5, 0.6) is 0 Å². The van der Waals surface area contributed by atoms with Crippen molar-refractivity contribution in [2.75, 3.05) is 19.0 Å². The summed E-state index contributed by atoms with van der Waals surface area (Å²) in [5.41, 5.74) is 2.92. The fourth-order valence-electron chi connectivity index (χ4n) is 2.59. The SMILES string of the molecule is [B]c1cncc(Br)c1CNSc1cccc2c(N(C)C)cccc12. The summed E-state index contributed by atoms with van der Waals surface area (Å²) in [6.45, 7) is 0.656. The van der Waals surface area contributed by atoms with Crippen LogP contribution in [0, 0.1) is 0 Å². The standard InChI is InChI=1S/C18H17BBrN3S/c1-23(2)17-7-3-6-13-12(17)5-4-8-18(13)24-22-9-14-15(19)10-21-11-16(14)20/h3-8,10-11,22H,9H2,1-2H3. The second-order valence-corrected chi connectivity index (χ2v) is 7.42. The highest BCUT2D eigenvalue weighted by atomic mass is 79.9. The Kier molecular flexibility index (Phi) is 5.48. The molecule has 1 N–H and O–H groups in total. The van der Waals surface area contributed by atoms with Gasteiger partial charge in [-0.15, -0.1) is 0 Å². The number of halogens is 1.